The summed E-state index contributed by atoms with van der Waals surface area (Å²) in [5, 5.41) is 16.9. The van der Waals surface area contributed by atoms with E-state index in [4.69, 9.17) is 16.3 Å². The zero-order valence-corrected chi connectivity index (χ0v) is 9.48. The van der Waals surface area contributed by atoms with E-state index in [1.807, 2.05) is 12.1 Å². The second-order valence-electron chi connectivity index (χ2n) is 3.44. The quantitative estimate of drug-likeness (QED) is 0.614. The topological polar surface area (TPSA) is 93.9 Å². The van der Waals surface area contributed by atoms with Crippen molar-refractivity contribution in [3.63, 3.8) is 0 Å². The number of unbranched alkanes of at least 4 members (excludes halogenated alkanes) is 1. The first-order valence-electron chi connectivity index (χ1n) is 5.48. The average molecular weight is 222 g/mol. The van der Waals surface area contributed by atoms with E-state index in [-0.39, 0.29) is 5.91 Å². The van der Waals surface area contributed by atoms with E-state index in [0.29, 0.717) is 38.9 Å². The summed E-state index contributed by atoms with van der Waals surface area (Å²) in [6.07, 6.45) is 2.68. The predicted octanol–water partition coefficient (Wildman–Crippen LogP) is 0.771. The molecule has 0 saturated carbocycles. The van der Waals surface area contributed by atoms with Crippen LogP contribution in [0.5, 0.6) is 0 Å². The third-order valence-corrected chi connectivity index (χ3v) is 2.18. The Morgan fingerprint density at radius 3 is 2.12 bits per heavy atom. The molecule has 0 bridgehead atoms. The first-order chi connectivity index (χ1) is 7.76. The van der Waals surface area contributed by atoms with Crippen molar-refractivity contribution >= 4 is 5.91 Å². The van der Waals surface area contributed by atoms with Crippen LogP contribution >= 0.6 is 0 Å². The van der Waals surface area contributed by atoms with E-state index in [9.17, 15) is 4.79 Å². The first kappa shape index (κ1) is 14.4. The van der Waals surface area contributed by atoms with Crippen LogP contribution in [0, 0.1) is 22.7 Å². The average Bonchev–Trinajstić information content (AvgIpc) is 2.29. The van der Waals surface area contributed by atoms with Crippen LogP contribution in [0.1, 0.15) is 32.1 Å². The molecule has 0 radical (unpaired) electrons. The van der Waals surface area contributed by atoms with Gasteiger partial charge in [0.15, 0.2) is 0 Å². The van der Waals surface area contributed by atoms with Crippen molar-refractivity contribution < 1.29 is 4.79 Å². The normalized spacial score (nSPS) is 9.19. The van der Waals surface area contributed by atoms with Crippen LogP contribution in [-0.2, 0) is 4.79 Å². The summed E-state index contributed by atoms with van der Waals surface area (Å²) in [6.45, 7) is 1.42. The van der Waals surface area contributed by atoms with Crippen LogP contribution < -0.4 is 5.73 Å². The molecule has 1 amide bonds. The molecule has 0 fully saturated rings. The number of nitriles is 2. The Morgan fingerprint density at radius 1 is 1.12 bits per heavy atom. The minimum atomic E-state index is 0.0129. The fraction of sp³-hybridized carbons (Fsp3) is 0.727. The highest BCUT2D eigenvalue weighted by atomic mass is 16.2. The molecule has 0 aromatic carbocycles. The molecule has 0 aliphatic heterocycles. The minimum absolute atomic E-state index is 0.0129. The van der Waals surface area contributed by atoms with Gasteiger partial charge in [-0.1, -0.05) is 0 Å². The SMILES string of the molecule is N#CCCN(CCC#N)C(=O)CCCCN. The summed E-state index contributed by atoms with van der Waals surface area (Å²) < 4.78 is 0. The van der Waals surface area contributed by atoms with Crippen molar-refractivity contribution in [3.05, 3.63) is 0 Å². The monoisotopic (exact) mass is 222 g/mol. The summed E-state index contributed by atoms with van der Waals surface area (Å²) in [5.74, 6) is 0.0129. The van der Waals surface area contributed by atoms with E-state index in [1.54, 1.807) is 4.90 Å². The van der Waals surface area contributed by atoms with Crippen LogP contribution in [0.4, 0.5) is 0 Å². The van der Waals surface area contributed by atoms with Crippen molar-refractivity contribution in [3.8, 4) is 12.1 Å². The van der Waals surface area contributed by atoms with Crippen molar-refractivity contribution in [2.75, 3.05) is 19.6 Å². The van der Waals surface area contributed by atoms with Gasteiger partial charge in [0.05, 0.1) is 25.0 Å². The Kier molecular flexibility index (Phi) is 8.96. The van der Waals surface area contributed by atoms with Crippen molar-refractivity contribution in [1.29, 1.82) is 10.5 Å². The second kappa shape index (κ2) is 9.95. The van der Waals surface area contributed by atoms with Gasteiger partial charge < -0.3 is 10.6 Å². The summed E-state index contributed by atoms with van der Waals surface area (Å²) in [6, 6.07) is 4.00. The molecule has 16 heavy (non-hydrogen) atoms. The Labute approximate surface area is 96.4 Å². The highest BCUT2D eigenvalue weighted by Crippen LogP contribution is 2.02. The van der Waals surface area contributed by atoms with Gasteiger partial charge in [-0.2, -0.15) is 10.5 Å². The van der Waals surface area contributed by atoms with Crippen LogP contribution in [0.2, 0.25) is 0 Å². The first-order valence-corrected chi connectivity index (χ1v) is 5.48. The molecule has 0 heterocycles. The lowest BCUT2D eigenvalue weighted by atomic mass is 10.2. The van der Waals surface area contributed by atoms with Crippen molar-refractivity contribution in [2.45, 2.75) is 32.1 Å². The van der Waals surface area contributed by atoms with Gasteiger partial charge in [-0.25, -0.2) is 0 Å². The van der Waals surface area contributed by atoms with Gasteiger partial charge in [0.2, 0.25) is 5.91 Å². The lowest BCUT2D eigenvalue weighted by Crippen LogP contribution is -2.32. The van der Waals surface area contributed by atoms with Crippen molar-refractivity contribution in [1.82, 2.24) is 4.90 Å². The fourth-order valence-electron chi connectivity index (χ4n) is 1.31. The number of amides is 1. The molecule has 0 aromatic rings. The summed E-state index contributed by atoms with van der Waals surface area (Å²) in [5.41, 5.74) is 5.34. The molecule has 0 saturated heterocycles. The molecule has 0 spiro atoms. The molecular formula is C11H18N4O. The van der Waals surface area contributed by atoms with Crippen LogP contribution in [-0.4, -0.2) is 30.4 Å². The number of hydrogen-bond donors (Lipinski definition) is 1. The molecule has 0 aliphatic rings. The molecule has 0 rings (SSSR count). The summed E-state index contributed by atoms with van der Waals surface area (Å²) in [7, 11) is 0. The maximum atomic E-state index is 11.7. The smallest absolute Gasteiger partial charge is 0.222 e. The molecule has 88 valence electrons. The molecule has 0 aliphatic carbocycles. The maximum absolute atomic E-state index is 11.7. The summed E-state index contributed by atoms with van der Waals surface area (Å²) in [4.78, 5) is 13.3. The maximum Gasteiger partial charge on any atom is 0.222 e. The van der Waals surface area contributed by atoms with Gasteiger partial charge in [-0.3, -0.25) is 4.79 Å². The minimum Gasteiger partial charge on any atom is -0.341 e. The lowest BCUT2D eigenvalue weighted by Gasteiger charge is -2.20. The van der Waals surface area contributed by atoms with Gasteiger partial charge in [-0.05, 0) is 19.4 Å². The lowest BCUT2D eigenvalue weighted by molar-refractivity contribution is -0.131. The van der Waals surface area contributed by atoms with Crippen LogP contribution in [0.15, 0.2) is 0 Å². The third-order valence-electron chi connectivity index (χ3n) is 2.18. The molecular weight excluding hydrogens is 204 g/mol. The van der Waals surface area contributed by atoms with E-state index >= 15 is 0 Å². The highest BCUT2D eigenvalue weighted by molar-refractivity contribution is 5.76. The largest absolute Gasteiger partial charge is 0.341 e. The van der Waals surface area contributed by atoms with E-state index < -0.39 is 0 Å². The van der Waals surface area contributed by atoms with Gasteiger partial charge in [-0.15, -0.1) is 0 Å². The number of hydrogen-bond acceptors (Lipinski definition) is 4. The zero-order chi connectivity index (χ0) is 12.2. The molecule has 0 aromatic heterocycles. The molecule has 5 heteroatoms. The van der Waals surface area contributed by atoms with Crippen LogP contribution in [0.25, 0.3) is 0 Å². The zero-order valence-electron chi connectivity index (χ0n) is 9.48. The number of carbonyl (C=O) groups is 1. The van der Waals surface area contributed by atoms with E-state index in [2.05, 4.69) is 0 Å². The number of nitrogens with zero attached hydrogens (tertiary/aromatic N) is 3. The van der Waals surface area contributed by atoms with Gasteiger partial charge in [0, 0.05) is 19.5 Å². The highest BCUT2D eigenvalue weighted by Gasteiger charge is 2.11. The Bertz CT molecular complexity index is 259. The van der Waals surface area contributed by atoms with Gasteiger partial charge in [0.1, 0.15) is 0 Å². The standard InChI is InChI=1S/C11H18N4O/c12-6-2-1-5-11(16)15(9-3-7-13)10-4-8-14/h1-6,9-10,12H2. The number of nitrogens with two attached hydrogens (primary N) is 1. The van der Waals surface area contributed by atoms with Crippen LogP contribution in [0.3, 0.4) is 0 Å². The fourth-order valence-corrected chi connectivity index (χ4v) is 1.31. The Morgan fingerprint density at radius 2 is 1.69 bits per heavy atom. The number of rotatable bonds is 8. The molecule has 0 unspecified atom stereocenters. The molecule has 0 atom stereocenters. The number of carbonyl (C=O) groups excluding carboxylic acids is 1. The van der Waals surface area contributed by atoms with E-state index in [0.717, 1.165) is 12.8 Å². The van der Waals surface area contributed by atoms with Crippen molar-refractivity contribution in [2.24, 2.45) is 5.73 Å². The third kappa shape index (κ3) is 6.80. The van der Waals surface area contributed by atoms with E-state index in [1.165, 1.54) is 0 Å². The second-order valence-corrected chi connectivity index (χ2v) is 3.44. The Balaban J connectivity index is 4.00. The predicted molar refractivity (Wildman–Crippen MR) is 59.9 cm³/mol. The van der Waals surface area contributed by atoms with Gasteiger partial charge >= 0.3 is 0 Å². The molecule has 5 nitrogen and oxygen atoms in total. The molecule has 2 N–H and O–H groups in total. The Hall–Kier alpha value is -1.59. The summed E-state index contributed by atoms with van der Waals surface area (Å²) >= 11 is 0. The van der Waals surface area contributed by atoms with Gasteiger partial charge in [0.25, 0.3) is 0 Å².